The van der Waals surface area contributed by atoms with Crippen LogP contribution in [0.15, 0.2) is 134 Å². The second-order valence-corrected chi connectivity index (χ2v) is 12.8. The lowest BCUT2D eigenvalue weighted by molar-refractivity contribution is -0.123. The number of H-pyrrole nitrogens is 2. The van der Waals surface area contributed by atoms with E-state index in [4.69, 9.17) is 9.97 Å². The van der Waals surface area contributed by atoms with Crippen LogP contribution < -0.4 is 0 Å². The van der Waals surface area contributed by atoms with Gasteiger partial charge in [-0.05, 0) is 47.9 Å². The number of carbonyl (C=O) groups is 1. The summed E-state index contributed by atoms with van der Waals surface area (Å²) in [5.41, 5.74) is 6.37. The van der Waals surface area contributed by atoms with Crippen LogP contribution in [0.2, 0.25) is 0 Å². The van der Waals surface area contributed by atoms with E-state index in [9.17, 15) is 10.8 Å². The molecule has 0 saturated heterocycles. The predicted molar refractivity (Wildman–Crippen MR) is 202 cm³/mol. The number of ketones is 1. The average molecular weight is 661 g/mol. The van der Waals surface area contributed by atoms with E-state index in [0.717, 1.165) is 33.6 Å². The molecule has 0 fully saturated rings. The Morgan fingerprint density at radius 1 is 0.560 bits per heavy atom. The van der Waals surface area contributed by atoms with E-state index in [-0.39, 0.29) is 5.78 Å². The maximum Gasteiger partial charge on any atom is 0.150 e. The summed E-state index contributed by atoms with van der Waals surface area (Å²) in [6.07, 6.45) is 5.56. The molecule has 4 unspecified atom stereocenters. The Balaban J connectivity index is 1.36. The highest BCUT2D eigenvalue weighted by Crippen LogP contribution is 2.33. The van der Waals surface area contributed by atoms with Crippen LogP contribution in [0.3, 0.4) is 0 Å². The molecule has 7 heteroatoms. The Labute approximate surface area is 294 Å². The van der Waals surface area contributed by atoms with Crippen LogP contribution >= 0.6 is 0 Å². The minimum atomic E-state index is -0.754. The number of hydrogen-bond acceptors (Lipinski definition) is 5. The summed E-state index contributed by atoms with van der Waals surface area (Å²) < 4.78 is 0. The zero-order valence-electron chi connectivity index (χ0n) is 28.6. The van der Waals surface area contributed by atoms with Crippen LogP contribution in [0.5, 0.6) is 0 Å². The fraction of sp³-hybridized carbons (Fsp3) is 0.233. The van der Waals surface area contributed by atoms with E-state index in [1.807, 2.05) is 135 Å². The van der Waals surface area contributed by atoms with Crippen molar-refractivity contribution in [3.8, 4) is 22.5 Å². The van der Waals surface area contributed by atoms with E-state index >= 15 is 4.79 Å². The third kappa shape index (κ3) is 7.78. The molecular weight excluding hydrogens is 617 g/mol. The normalized spacial score (nSPS) is 13.6. The van der Waals surface area contributed by atoms with Crippen molar-refractivity contribution in [1.82, 2.24) is 19.9 Å². The highest BCUT2D eigenvalue weighted by atomic mass is 16.1. The molecule has 0 saturated carbocycles. The van der Waals surface area contributed by atoms with Gasteiger partial charge < -0.3 is 20.8 Å². The second-order valence-electron chi connectivity index (χ2n) is 12.8. The summed E-state index contributed by atoms with van der Waals surface area (Å²) in [6, 6.07) is 39.8. The van der Waals surface area contributed by atoms with E-state index in [0.29, 0.717) is 48.8 Å². The first-order chi connectivity index (χ1) is 24.5. The molecule has 6 rings (SSSR count). The number of Topliss-reactive ketones (excluding diaryl/α,β-unsaturated/α-hetero) is 1. The average Bonchev–Trinajstić information content (AvgIpc) is 3.86. The molecule has 4 N–H and O–H groups in total. The zero-order valence-corrected chi connectivity index (χ0v) is 28.6. The van der Waals surface area contributed by atoms with Gasteiger partial charge in [-0.1, -0.05) is 135 Å². The predicted octanol–water partition coefficient (Wildman–Crippen LogP) is 9.48. The molecule has 0 aliphatic rings. The number of aromatic amines is 2. The monoisotopic (exact) mass is 660 g/mol. The highest BCUT2D eigenvalue weighted by molar-refractivity contribution is 6.15. The van der Waals surface area contributed by atoms with Gasteiger partial charge in [0.2, 0.25) is 0 Å². The summed E-state index contributed by atoms with van der Waals surface area (Å²) in [5, 5.41) is 19.4. The van der Waals surface area contributed by atoms with Crippen LogP contribution in [-0.2, 0) is 17.6 Å². The van der Waals surface area contributed by atoms with Gasteiger partial charge in [0.05, 0.1) is 47.5 Å². The first kappa shape index (κ1) is 34.2. The number of carbonyl (C=O) groups excluding carboxylic acids is 1. The SMILES string of the molecule is CCC(C(=N)C(Cc1ccccc1)C(=O)C(Cc1ccccc1)C(=N)C(CC)c1ncc(-c2ccccc2)[nH]1)c1ncc(-c2ccccc2)[nH]1. The number of nitrogens with zero attached hydrogens (tertiary/aromatic N) is 2. The van der Waals surface area contributed by atoms with Crippen molar-refractivity contribution in [2.75, 3.05) is 0 Å². The van der Waals surface area contributed by atoms with Gasteiger partial charge in [0.15, 0.2) is 5.78 Å². The molecule has 252 valence electrons. The van der Waals surface area contributed by atoms with Crippen LogP contribution in [0.1, 0.15) is 61.3 Å². The van der Waals surface area contributed by atoms with E-state index in [1.54, 1.807) is 12.4 Å². The molecule has 0 spiro atoms. The third-order valence-corrected chi connectivity index (χ3v) is 9.59. The number of aromatic nitrogens is 4. The van der Waals surface area contributed by atoms with Gasteiger partial charge in [-0.3, -0.25) is 4.79 Å². The summed E-state index contributed by atoms with van der Waals surface area (Å²) >= 11 is 0. The zero-order chi connectivity index (χ0) is 34.9. The van der Waals surface area contributed by atoms with Crippen molar-refractivity contribution in [3.63, 3.8) is 0 Å². The number of benzene rings is 4. The first-order valence-electron chi connectivity index (χ1n) is 17.5. The minimum absolute atomic E-state index is 0.116. The van der Waals surface area contributed by atoms with Crippen LogP contribution in [0.25, 0.3) is 22.5 Å². The van der Waals surface area contributed by atoms with Gasteiger partial charge in [0.1, 0.15) is 11.6 Å². The van der Waals surface area contributed by atoms with Gasteiger partial charge in [-0.25, -0.2) is 9.97 Å². The molecule has 7 nitrogen and oxygen atoms in total. The molecule has 2 aromatic heterocycles. The third-order valence-electron chi connectivity index (χ3n) is 9.59. The molecule has 6 aromatic rings. The molecule has 0 aliphatic carbocycles. The van der Waals surface area contributed by atoms with Crippen molar-refractivity contribution < 1.29 is 4.79 Å². The van der Waals surface area contributed by atoms with Gasteiger partial charge in [-0.2, -0.15) is 0 Å². The Hall–Kier alpha value is -5.69. The molecule has 0 bridgehead atoms. The van der Waals surface area contributed by atoms with E-state index in [2.05, 4.69) is 9.97 Å². The fourth-order valence-corrected chi connectivity index (χ4v) is 6.83. The Kier molecular flexibility index (Phi) is 11.0. The lowest BCUT2D eigenvalue weighted by Crippen LogP contribution is -2.40. The summed E-state index contributed by atoms with van der Waals surface area (Å²) in [5.74, 6) is -1.06. The molecule has 50 heavy (non-hydrogen) atoms. The molecule has 4 atom stereocenters. The Morgan fingerprint density at radius 2 is 0.900 bits per heavy atom. The van der Waals surface area contributed by atoms with Crippen LogP contribution in [0.4, 0.5) is 0 Å². The standard InChI is InChI=1S/C43H44N6O/c1-3-33(42-46-27-37(48-42)31-21-13-7-14-22-31)39(44)35(25-29-17-9-5-10-18-29)41(50)36(26-30-19-11-6-12-20-30)40(45)34(4-2)43-47-28-38(49-43)32-23-15-8-16-24-32/h5-24,27-28,33-36,44-45H,3-4,25-26H2,1-2H3,(H,46,48)(H,47,49). The first-order valence-corrected chi connectivity index (χ1v) is 17.5. The maximum absolute atomic E-state index is 15.1. The number of rotatable bonds is 16. The molecule has 2 heterocycles. The Morgan fingerprint density at radius 3 is 1.24 bits per heavy atom. The Bertz CT molecular complexity index is 1850. The van der Waals surface area contributed by atoms with Crippen molar-refractivity contribution in [1.29, 1.82) is 10.8 Å². The molecule has 0 radical (unpaired) electrons. The maximum atomic E-state index is 15.1. The van der Waals surface area contributed by atoms with Gasteiger partial charge >= 0.3 is 0 Å². The molecule has 4 aromatic carbocycles. The quantitative estimate of drug-likeness (QED) is 0.0774. The number of imidazole rings is 2. The molecular formula is C43H44N6O. The van der Waals surface area contributed by atoms with Gasteiger partial charge in [-0.15, -0.1) is 0 Å². The summed E-state index contributed by atoms with van der Waals surface area (Å²) in [6.45, 7) is 4.07. The van der Waals surface area contributed by atoms with E-state index in [1.165, 1.54) is 0 Å². The van der Waals surface area contributed by atoms with Crippen molar-refractivity contribution in [2.24, 2.45) is 11.8 Å². The second kappa shape index (κ2) is 16.1. The summed E-state index contributed by atoms with van der Waals surface area (Å²) in [4.78, 5) is 31.5. The van der Waals surface area contributed by atoms with Gasteiger partial charge in [0, 0.05) is 11.4 Å². The molecule has 0 amide bonds. The lowest BCUT2D eigenvalue weighted by atomic mass is 9.74. The van der Waals surface area contributed by atoms with Crippen molar-refractivity contribution in [3.05, 3.63) is 156 Å². The minimum Gasteiger partial charge on any atom is -0.341 e. The number of nitrogens with one attached hydrogen (secondary N) is 4. The van der Waals surface area contributed by atoms with Gasteiger partial charge in [0.25, 0.3) is 0 Å². The number of hydrogen-bond donors (Lipinski definition) is 4. The molecule has 0 aliphatic heterocycles. The van der Waals surface area contributed by atoms with Crippen molar-refractivity contribution >= 4 is 17.2 Å². The lowest BCUT2D eigenvalue weighted by Gasteiger charge is -2.29. The summed E-state index contributed by atoms with van der Waals surface area (Å²) in [7, 11) is 0. The highest BCUT2D eigenvalue weighted by Gasteiger charge is 2.38. The fourth-order valence-electron chi connectivity index (χ4n) is 6.83. The largest absolute Gasteiger partial charge is 0.341 e. The smallest absolute Gasteiger partial charge is 0.150 e. The van der Waals surface area contributed by atoms with Crippen LogP contribution in [-0.4, -0.2) is 37.1 Å². The van der Waals surface area contributed by atoms with E-state index < -0.39 is 23.7 Å². The topological polar surface area (TPSA) is 122 Å². The van der Waals surface area contributed by atoms with Crippen LogP contribution in [0, 0.1) is 22.7 Å². The van der Waals surface area contributed by atoms with Crippen molar-refractivity contribution in [2.45, 2.75) is 51.4 Å².